The van der Waals surface area contributed by atoms with Crippen LogP contribution in [-0.4, -0.2) is 23.5 Å². The Balaban J connectivity index is 1.63. The van der Waals surface area contributed by atoms with Gasteiger partial charge >= 0.3 is 5.97 Å². The monoisotopic (exact) mass is 438 g/mol. The number of aromatic nitrogens is 1. The van der Waals surface area contributed by atoms with Crippen molar-refractivity contribution in [2.24, 2.45) is 0 Å². The van der Waals surface area contributed by atoms with Crippen LogP contribution in [0.3, 0.4) is 0 Å². The van der Waals surface area contributed by atoms with E-state index >= 15 is 0 Å². The summed E-state index contributed by atoms with van der Waals surface area (Å²) < 4.78 is 5.79. The van der Waals surface area contributed by atoms with Crippen molar-refractivity contribution in [3.63, 3.8) is 0 Å². The smallest absolute Gasteiger partial charge is 0.340 e. The molecule has 6 heteroatoms. The highest BCUT2D eigenvalue weighted by Crippen LogP contribution is 2.18. The number of benzene rings is 2. The average Bonchev–Trinajstić information content (AvgIpc) is 2.73. The Morgan fingerprint density at radius 3 is 2.36 bits per heavy atom. The van der Waals surface area contributed by atoms with Crippen molar-refractivity contribution in [3.8, 4) is 0 Å². The molecule has 1 amide bonds. The summed E-state index contributed by atoms with van der Waals surface area (Å²) in [4.78, 5) is 28.4. The van der Waals surface area contributed by atoms with Crippen molar-refractivity contribution in [2.75, 3.05) is 6.61 Å². The van der Waals surface area contributed by atoms with E-state index in [9.17, 15) is 9.59 Å². The number of nitrogens with zero attached hydrogens (tertiary/aromatic N) is 1. The summed E-state index contributed by atoms with van der Waals surface area (Å²) >= 11 is 3.25. The molecule has 3 aromatic rings. The number of esters is 1. The highest BCUT2D eigenvalue weighted by atomic mass is 79.9. The summed E-state index contributed by atoms with van der Waals surface area (Å²) in [7, 11) is 0. The standard InChI is InChI=1S/C22H19BrN2O3/c23-19-12-18(13-24-14-19)22(27)28-15-21(26)25-20(17-9-5-2-6-10-17)11-16-7-3-1-4-8-16/h1-10,12-14,20H,11,15H2,(H,25,26). The normalized spacial score (nSPS) is 11.5. The van der Waals surface area contributed by atoms with Crippen LogP contribution < -0.4 is 5.32 Å². The lowest BCUT2D eigenvalue weighted by Gasteiger charge is -2.19. The number of carbonyl (C=O) groups is 2. The Morgan fingerprint density at radius 1 is 1.00 bits per heavy atom. The van der Waals surface area contributed by atoms with Crippen LogP contribution in [0.15, 0.2) is 83.6 Å². The van der Waals surface area contributed by atoms with Crippen molar-refractivity contribution in [1.29, 1.82) is 0 Å². The van der Waals surface area contributed by atoms with Gasteiger partial charge in [-0.2, -0.15) is 0 Å². The highest BCUT2D eigenvalue weighted by molar-refractivity contribution is 9.10. The summed E-state index contributed by atoms with van der Waals surface area (Å²) in [6, 6.07) is 21.0. The first-order valence-corrected chi connectivity index (χ1v) is 9.57. The van der Waals surface area contributed by atoms with E-state index in [1.807, 2.05) is 60.7 Å². The lowest BCUT2D eigenvalue weighted by Crippen LogP contribution is -2.33. The first-order chi connectivity index (χ1) is 13.6. The van der Waals surface area contributed by atoms with Crippen molar-refractivity contribution < 1.29 is 14.3 Å². The summed E-state index contributed by atoms with van der Waals surface area (Å²) in [6.07, 6.45) is 3.60. The van der Waals surface area contributed by atoms with Gasteiger partial charge in [-0.15, -0.1) is 0 Å². The minimum absolute atomic E-state index is 0.220. The van der Waals surface area contributed by atoms with Gasteiger partial charge in [0.2, 0.25) is 0 Å². The number of carbonyl (C=O) groups excluding carboxylic acids is 2. The third-order valence-electron chi connectivity index (χ3n) is 4.09. The molecule has 1 atom stereocenters. The number of amides is 1. The van der Waals surface area contributed by atoms with Gasteiger partial charge in [0.25, 0.3) is 5.91 Å². The van der Waals surface area contributed by atoms with E-state index in [-0.39, 0.29) is 24.1 Å². The van der Waals surface area contributed by atoms with Crippen LogP contribution in [0.4, 0.5) is 0 Å². The molecular weight excluding hydrogens is 420 g/mol. The van der Waals surface area contributed by atoms with Gasteiger partial charge in [0.1, 0.15) is 0 Å². The SMILES string of the molecule is O=C(COC(=O)c1cncc(Br)c1)NC(Cc1ccccc1)c1ccccc1. The maximum Gasteiger partial charge on any atom is 0.340 e. The fourth-order valence-electron chi connectivity index (χ4n) is 2.76. The number of hydrogen-bond donors (Lipinski definition) is 1. The Bertz CT molecular complexity index is 933. The molecule has 28 heavy (non-hydrogen) atoms. The van der Waals surface area contributed by atoms with E-state index in [0.717, 1.165) is 11.1 Å². The second-order valence-electron chi connectivity index (χ2n) is 6.19. The topological polar surface area (TPSA) is 68.3 Å². The van der Waals surface area contributed by atoms with Crippen LogP contribution in [-0.2, 0) is 16.0 Å². The van der Waals surface area contributed by atoms with E-state index in [0.29, 0.717) is 10.9 Å². The van der Waals surface area contributed by atoms with Crippen LogP contribution in [0.2, 0.25) is 0 Å². The van der Waals surface area contributed by atoms with Crippen LogP contribution >= 0.6 is 15.9 Å². The van der Waals surface area contributed by atoms with Crippen LogP contribution in [0, 0.1) is 0 Å². The molecule has 0 saturated heterocycles. The minimum atomic E-state index is -0.594. The van der Waals surface area contributed by atoms with E-state index < -0.39 is 5.97 Å². The van der Waals surface area contributed by atoms with E-state index in [1.165, 1.54) is 6.20 Å². The van der Waals surface area contributed by atoms with Crippen molar-refractivity contribution in [3.05, 3.63) is 100 Å². The first-order valence-electron chi connectivity index (χ1n) is 8.78. The number of hydrogen-bond acceptors (Lipinski definition) is 4. The zero-order valence-electron chi connectivity index (χ0n) is 15.0. The molecule has 0 aliphatic heterocycles. The van der Waals surface area contributed by atoms with Gasteiger partial charge in [-0.25, -0.2) is 4.79 Å². The number of halogens is 1. The fourth-order valence-corrected chi connectivity index (χ4v) is 3.13. The molecule has 0 aliphatic carbocycles. The molecule has 1 heterocycles. The molecule has 5 nitrogen and oxygen atoms in total. The molecule has 2 aromatic carbocycles. The zero-order chi connectivity index (χ0) is 19.8. The quantitative estimate of drug-likeness (QED) is 0.563. The summed E-state index contributed by atoms with van der Waals surface area (Å²) in [6.45, 7) is -0.358. The molecule has 0 bridgehead atoms. The molecule has 1 unspecified atom stereocenters. The summed E-state index contributed by atoms with van der Waals surface area (Å²) in [5, 5.41) is 2.96. The summed E-state index contributed by atoms with van der Waals surface area (Å²) in [5.41, 5.74) is 2.38. The second-order valence-corrected chi connectivity index (χ2v) is 7.10. The molecule has 0 radical (unpaired) electrons. The Labute approximate surface area is 171 Å². The van der Waals surface area contributed by atoms with Gasteiger partial charge in [-0.1, -0.05) is 60.7 Å². The Morgan fingerprint density at radius 2 is 1.68 bits per heavy atom. The molecule has 3 rings (SSSR count). The number of pyridine rings is 1. The molecule has 0 fully saturated rings. The predicted molar refractivity (Wildman–Crippen MR) is 110 cm³/mol. The highest BCUT2D eigenvalue weighted by Gasteiger charge is 2.17. The van der Waals surface area contributed by atoms with Crippen LogP contribution in [0.1, 0.15) is 27.5 Å². The Kier molecular flexibility index (Phi) is 6.92. The number of ether oxygens (including phenoxy) is 1. The molecule has 142 valence electrons. The average molecular weight is 439 g/mol. The number of nitrogens with one attached hydrogen (secondary N) is 1. The second kappa shape index (κ2) is 9.80. The minimum Gasteiger partial charge on any atom is -0.452 e. The van der Waals surface area contributed by atoms with Gasteiger partial charge in [0.15, 0.2) is 6.61 Å². The summed E-state index contributed by atoms with van der Waals surface area (Å²) in [5.74, 6) is -0.954. The van der Waals surface area contributed by atoms with Gasteiger partial charge in [-0.05, 0) is 39.5 Å². The molecule has 1 aromatic heterocycles. The maximum atomic E-state index is 12.4. The third kappa shape index (κ3) is 5.76. The molecule has 0 spiro atoms. The zero-order valence-corrected chi connectivity index (χ0v) is 16.6. The molecule has 0 aliphatic rings. The molecule has 1 N–H and O–H groups in total. The van der Waals surface area contributed by atoms with Crippen LogP contribution in [0.25, 0.3) is 0 Å². The van der Waals surface area contributed by atoms with Gasteiger partial charge in [-0.3, -0.25) is 9.78 Å². The lowest BCUT2D eigenvalue weighted by molar-refractivity contribution is -0.125. The lowest BCUT2D eigenvalue weighted by atomic mass is 9.99. The van der Waals surface area contributed by atoms with E-state index in [2.05, 4.69) is 26.2 Å². The van der Waals surface area contributed by atoms with Crippen LogP contribution in [0.5, 0.6) is 0 Å². The van der Waals surface area contributed by atoms with Gasteiger partial charge < -0.3 is 10.1 Å². The predicted octanol–water partition coefficient (Wildman–Crippen LogP) is 4.10. The van der Waals surface area contributed by atoms with Gasteiger partial charge in [0.05, 0.1) is 11.6 Å². The number of rotatable bonds is 7. The molecule has 0 saturated carbocycles. The Hall–Kier alpha value is -2.99. The third-order valence-corrected chi connectivity index (χ3v) is 4.53. The van der Waals surface area contributed by atoms with E-state index in [1.54, 1.807) is 12.3 Å². The maximum absolute atomic E-state index is 12.4. The van der Waals surface area contributed by atoms with Crippen molar-refractivity contribution in [2.45, 2.75) is 12.5 Å². The van der Waals surface area contributed by atoms with E-state index in [4.69, 9.17) is 4.74 Å². The van der Waals surface area contributed by atoms with Crippen molar-refractivity contribution >= 4 is 27.8 Å². The van der Waals surface area contributed by atoms with Gasteiger partial charge in [0, 0.05) is 16.9 Å². The largest absolute Gasteiger partial charge is 0.452 e. The first kappa shape index (κ1) is 19.8. The fraction of sp³-hybridized carbons (Fsp3) is 0.136. The molecular formula is C22H19BrN2O3. The van der Waals surface area contributed by atoms with Crippen molar-refractivity contribution in [1.82, 2.24) is 10.3 Å².